The van der Waals surface area contributed by atoms with E-state index in [1.54, 1.807) is 6.08 Å². The van der Waals surface area contributed by atoms with Crippen LogP contribution in [0, 0.1) is 0 Å². The Labute approximate surface area is 128 Å². The van der Waals surface area contributed by atoms with Gasteiger partial charge in [0.25, 0.3) is 0 Å². The highest BCUT2D eigenvalue weighted by molar-refractivity contribution is 9.11. The van der Waals surface area contributed by atoms with Gasteiger partial charge in [0.15, 0.2) is 0 Å². The van der Waals surface area contributed by atoms with Crippen molar-refractivity contribution in [3.05, 3.63) is 26.9 Å². The van der Waals surface area contributed by atoms with Gasteiger partial charge in [-0.1, -0.05) is 0 Å². The molecule has 2 heterocycles. The van der Waals surface area contributed by atoms with Crippen molar-refractivity contribution in [2.45, 2.75) is 18.4 Å². The van der Waals surface area contributed by atoms with Crippen LogP contribution in [0.2, 0.25) is 0 Å². The first-order chi connectivity index (χ1) is 9.52. The number of carboxylic acid groups (broad SMARTS) is 1. The molecule has 0 aliphatic carbocycles. The molecular formula is C13H14BrNO4S. The van der Waals surface area contributed by atoms with Gasteiger partial charge >= 0.3 is 5.97 Å². The minimum absolute atomic E-state index is 0.284. The minimum Gasteiger partial charge on any atom is -0.480 e. The summed E-state index contributed by atoms with van der Waals surface area (Å²) >= 11 is 4.83. The van der Waals surface area contributed by atoms with E-state index in [2.05, 4.69) is 21.2 Å². The lowest BCUT2D eigenvalue weighted by atomic mass is 9.90. The lowest BCUT2D eigenvalue weighted by Crippen LogP contribution is -2.57. The summed E-state index contributed by atoms with van der Waals surface area (Å²) in [7, 11) is 0. The van der Waals surface area contributed by atoms with Crippen LogP contribution >= 0.6 is 27.3 Å². The molecule has 1 aliphatic heterocycles. The van der Waals surface area contributed by atoms with Gasteiger partial charge in [0, 0.05) is 37.0 Å². The van der Waals surface area contributed by atoms with E-state index in [1.807, 2.05) is 12.1 Å². The number of carboxylic acids is 1. The molecule has 5 nitrogen and oxygen atoms in total. The van der Waals surface area contributed by atoms with Gasteiger partial charge in [0.05, 0.1) is 3.79 Å². The Balaban J connectivity index is 2.01. The lowest BCUT2D eigenvalue weighted by Gasteiger charge is -2.33. The van der Waals surface area contributed by atoms with Gasteiger partial charge in [-0.2, -0.15) is 0 Å². The van der Waals surface area contributed by atoms with Gasteiger partial charge in [0.1, 0.15) is 5.54 Å². The molecule has 108 valence electrons. The minimum atomic E-state index is -1.21. The normalized spacial score (nSPS) is 18.1. The molecular weight excluding hydrogens is 346 g/mol. The molecule has 0 atom stereocenters. The molecule has 0 spiro atoms. The van der Waals surface area contributed by atoms with Crippen molar-refractivity contribution in [3.8, 4) is 0 Å². The Kier molecular flexibility index (Phi) is 4.95. The smallest absolute Gasteiger partial charge is 0.329 e. The number of aliphatic carboxylic acids is 1. The van der Waals surface area contributed by atoms with E-state index in [9.17, 15) is 14.7 Å². The number of halogens is 1. The molecule has 1 amide bonds. The van der Waals surface area contributed by atoms with Crippen LogP contribution in [0.15, 0.2) is 22.0 Å². The number of rotatable bonds is 4. The standard InChI is InChI=1S/C13H14BrNO4S/c14-10-3-1-9(20-10)2-4-11(16)15-13(12(17)18)5-7-19-8-6-13/h1-4H,5-8H2,(H,15,16)(H,17,18)/b4-2+. The topological polar surface area (TPSA) is 75.6 Å². The second-order valence-corrected chi connectivity index (χ2v) is 6.96. The van der Waals surface area contributed by atoms with E-state index >= 15 is 0 Å². The molecule has 2 N–H and O–H groups in total. The Hall–Kier alpha value is -1.18. The predicted octanol–water partition coefficient (Wildman–Crippen LogP) is 2.27. The molecule has 20 heavy (non-hydrogen) atoms. The zero-order valence-corrected chi connectivity index (χ0v) is 13.0. The first-order valence-corrected chi connectivity index (χ1v) is 7.69. The molecule has 2 rings (SSSR count). The summed E-state index contributed by atoms with van der Waals surface area (Å²) in [5, 5.41) is 11.9. The monoisotopic (exact) mass is 359 g/mol. The molecule has 0 bridgehead atoms. The van der Waals surface area contributed by atoms with Crippen LogP contribution in [0.1, 0.15) is 17.7 Å². The van der Waals surface area contributed by atoms with Crippen molar-refractivity contribution < 1.29 is 19.4 Å². The highest BCUT2D eigenvalue weighted by Crippen LogP contribution is 2.23. The third-order valence-corrected chi connectivity index (χ3v) is 4.70. The average molecular weight is 360 g/mol. The van der Waals surface area contributed by atoms with Gasteiger partial charge in [-0.25, -0.2) is 4.79 Å². The molecule has 0 radical (unpaired) electrons. The number of carbonyl (C=O) groups is 2. The fraction of sp³-hybridized carbons (Fsp3) is 0.385. The summed E-state index contributed by atoms with van der Waals surface area (Å²) in [4.78, 5) is 24.2. The van der Waals surface area contributed by atoms with Gasteiger partial charge < -0.3 is 15.2 Å². The number of nitrogens with one attached hydrogen (secondary N) is 1. The predicted molar refractivity (Wildman–Crippen MR) is 79.6 cm³/mol. The van der Waals surface area contributed by atoms with Gasteiger partial charge in [-0.05, 0) is 34.1 Å². The van der Waals surface area contributed by atoms with E-state index in [0.29, 0.717) is 13.2 Å². The molecule has 0 saturated carbocycles. The van der Waals surface area contributed by atoms with Crippen molar-refractivity contribution >= 4 is 45.2 Å². The molecule has 1 aromatic rings. The van der Waals surface area contributed by atoms with Crippen molar-refractivity contribution in [3.63, 3.8) is 0 Å². The van der Waals surface area contributed by atoms with Gasteiger partial charge in [-0.3, -0.25) is 4.79 Å². The van der Waals surface area contributed by atoms with Crippen LogP contribution in [0.3, 0.4) is 0 Å². The zero-order valence-electron chi connectivity index (χ0n) is 10.6. The summed E-state index contributed by atoms with van der Waals surface area (Å²) in [6.45, 7) is 0.683. The Morgan fingerprint density at radius 1 is 1.40 bits per heavy atom. The van der Waals surface area contributed by atoms with Crippen LogP contribution < -0.4 is 5.32 Å². The first kappa shape index (κ1) is 15.2. The largest absolute Gasteiger partial charge is 0.480 e. The second kappa shape index (κ2) is 6.51. The quantitative estimate of drug-likeness (QED) is 0.808. The highest BCUT2D eigenvalue weighted by atomic mass is 79.9. The molecule has 1 saturated heterocycles. The average Bonchev–Trinajstić information content (AvgIpc) is 2.83. The lowest BCUT2D eigenvalue weighted by molar-refractivity contribution is -0.151. The Morgan fingerprint density at radius 2 is 2.10 bits per heavy atom. The Morgan fingerprint density at radius 3 is 2.65 bits per heavy atom. The maximum atomic E-state index is 11.9. The van der Waals surface area contributed by atoms with Crippen molar-refractivity contribution in [2.75, 3.05) is 13.2 Å². The zero-order chi connectivity index (χ0) is 14.6. The fourth-order valence-electron chi connectivity index (χ4n) is 1.97. The van der Waals surface area contributed by atoms with Crippen LogP contribution in [-0.2, 0) is 14.3 Å². The van der Waals surface area contributed by atoms with Crippen molar-refractivity contribution in [1.29, 1.82) is 0 Å². The number of carbonyl (C=O) groups excluding carboxylic acids is 1. The molecule has 0 unspecified atom stereocenters. The Bertz CT molecular complexity index is 534. The number of ether oxygens (including phenoxy) is 1. The van der Waals surface area contributed by atoms with Crippen LogP contribution in [0.25, 0.3) is 6.08 Å². The molecule has 1 aromatic heterocycles. The van der Waals surface area contributed by atoms with Crippen molar-refractivity contribution in [2.24, 2.45) is 0 Å². The summed E-state index contributed by atoms with van der Waals surface area (Å²) in [5.74, 6) is -1.42. The van der Waals surface area contributed by atoms with Gasteiger partial charge in [-0.15, -0.1) is 11.3 Å². The first-order valence-electron chi connectivity index (χ1n) is 6.08. The second-order valence-electron chi connectivity index (χ2n) is 4.46. The molecule has 7 heteroatoms. The van der Waals surface area contributed by atoms with Crippen molar-refractivity contribution in [1.82, 2.24) is 5.32 Å². The third kappa shape index (κ3) is 3.68. The summed E-state index contributed by atoms with van der Waals surface area (Å²) in [6, 6.07) is 3.76. The van der Waals surface area contributed by atoms with Crippen LogP contribution in [0.5, 0.6) is 0 Å². The number of thiophene rings is 1. The van der Waals surface area contributed by atoms with E-state index in [1.165, 1.54) is 17.4 Å². The summed E-state index contributed by atoms with van der Waals surface area (Å²) in [6.07, 6.45) is 3.59. The van der Waals surface area contributed by atoms with Crippen LogP contribution in [0.4, 0.5) is 0 Å². The third-order valence-electron chi connectivity index (χ3n) is 3.11. The fourth-order valence-corrected chi connectivity index (χ4v) is 3.29. The molecule has 0 aromatic carbocycles. The number of hydrogen-bond acceptors (Lipinski definition) is 4. The molecule has 1 aliphatic rings. The van der Waals surface area contributed by atoms with E-state index in [-0.39, 0.29) is 12.8 Å². The highest BCUT2D eigenvalue weighted by Gasteiger charge is 2.41. The molecule has 1 fully saturated rings. The SMILES string of the molecule is O=C(/C=C/c1ccc(Br)s1)NC1(C(=O)O)CCOCC1. The maximum absolute atomic E-state index is 11.9. The van der Waals surface area contributed by atoms with E-state index < -0.39 is 17.4 Å². The number of hydrogen-bond donors (Lipinski definition) is 2. The maximum Gasteiger partial charge on any atom is 0.329 e. The van der Waals surface area contributed by atoms with E-state index in [4.69, 9.17) is 4.74 Å². The summed E-state index contributed by atoms with van der Waals surface area (Å²) in [5.41, 5.74) is -1.21. The van der Waals surface area contributed by atoms with Gasteiger partial charge in [0.2, 0.25) is 5.91 Å². The summed E-state index contributed by atoms with van der Waals surface area (Å²) < 4.78 is 6.13. The van der Waals surface area contributed by atoms with Crippen LogP contribution in [-0.4, -0.2) is 35.7 Å². The van der Waals surface area contributed by atoms with E-state index in [0.717, 1.165) is 8.66 Å². The number of amides is 1.